The van der Waals surface area contributed by atoms with Gasteiger partial charge in [-0.05, 0) is 43.9 Å². The van der Waals surface area contributed by atoms with Crippen molar-refractivity contribution in [1.29, 1.82) is 0 Å². The van der Waals surface area contributed by atoms with Crippen molar-refractivity contribution in [3.63, 3.8) is 0 Å². The van der Waals surface area contributed by atoms with Crippen LogP contribution in [-0.4, -0.2) is 66.6 Å². The number of rotatable bonds is 6. The Bertz CT molecular complexity index is 1000. The Hall–Kier alpha value is -2.48. The number of likely N-dealkylation sites (tertiary alicyclic amines) is 1. The fourth-order valence-electron chi connectivity index (χ4n) is 4.52. The molecule has 2 aromatic heterocycles. The van der Waals surface area contributed by atoms with E-state index in [0.29, 0.717) is 16.6 Å². The van der Waals surface area contributed by atoms with Crippen molar-refractivity contribution >= 4 is 17.2 Å². The molecule has 0 saturated carbocycles. The zero-order chi connectivity index (χ0) is 21.8. The minimum Gasteiger partial charge on any atom is -0.462 e. The van der Waals surface area contributed by atoms with Crippen LogP contribution in [0.2, 0.25) is 0 Å². The average Bonchev–Trinajstić information content (AvgIpc) is 3.54. The van der Waals surface area contributed by atoms with Crippen molar-refractivity contribution in [2.75, 3.05) is 45.9 Å². The lowest BCUT2D eigenvalue weighted by molar-refractivity contribution is 0.0332. The van der Waals surface area contributed by atoms with Gasteiger partial charge in [-0.25, -0.2) is 4.98 Å². The molecule has 0 radical (unpaired) electrons. The van der Waals surface area contributed by atoms with Gasteiger partial charge in [-0.15, -0.1) is 11.3 Å². The summed E-state index contributed by atoms with van der Waals surface area (Å²) in [5.74, 6) is 1.48. The van der Waals surface area contributed by atoms with Gasteiger partial charge in [0.2, 0.25) is 0 Å². The van der Waals surface area contributed by atoms with Crippen molar-refractivity contribution in [2.45, 2.75) is 19.3 Å². The first-order valence-electron chi connectivity index (χ1n) is 11.5. The topological polar surface area (TPSA) is 58.8 Å². The van der Waals surface area contributed by atoms with Gasteiger partial charge in [-0.3, -0.25) is 9.69 Å². The third-order valence-corrected chi connectivity index (χ3v) is 7.52. The van der Waals surface area contributed by atoms with Crippen molar-refractivity contribution in [2.24, 2.45) is 5.92 Å². The molecule has 0 bridgehead atoms. The van der Waals surface area contributed by atoms with Crippen LogP contribution < -0.4 is 0 Å². The molecule has 0 unspecified atom stereocenters. The first-order chi connectivity index (χ1) is 15.8. The van der Waals surface area contributed by atoms with Crippen LogP contribution in [0.25, 0.3) is 22.0 Å². The van der Waals surface area contributed by atoms with Gasteiger partial charge in [0.25, 0.3) is 5.91 Å². The average molecular weight is 452 g/mol. The molecule has 3 aromatic rings. The maximum absolute atomic E-state index is 13.5. The molecule has 2 fully saturated rings. The van der Waals surface area contributed by atoms with Crippen molar-refractivity contribution in [3.05, 3.63) is 53.6 Å². The Morgan fingerprint density at radius 3 is 2.53 bits per heavy atom. The number of ether oxygens (including phenoxy) is 1. The predicted octanol–water partition coefficient (Wildman–Crippen LogP) is 4.64. The zero-order valence-corrected chi connectivity index (χ0v) is 19.1. The predicted molar refractivity (Wildman–Crippen MR) is 126 cm³/mol. The van der Waals surface area contributed by atoms with Crippen LogP contribution >= 0.6 is 11.3 Å². The largest absolute Gasteiger partial charge is 0.462 e. The van der Waals surface area contributed by atoms with Crippen LogP contribution in [0, 0.1) is 5.92 Å². The van der Waals surface area contributed by atoms with Crippen LogP contribution in [-0.2, 0) is 4.74 Å². The second kappa shape index (κ2) is 9.98. The van der Waals surface area contributed by atoms with E-state index in [1.54, 1.807) is 6.26 Å². The number of amides is 1. The molecule has 7 heteroatoms. The highest BCUT2D eigenvalue weighted by Crippen LogP contribution is 2.35. The zero-order valence-electron chi connectivity index (χ0n) is 18.2. The van der Waals surface area contributed by atoms with Gasteiger partial charge < -0.3 is 14.1 Å². The fraction of sp³-hybridized carbons (Fsp3) is 0.440. The number of aromatic nitrogens is 1. The van der Waals surface area contributed by atoms with Crippen LogP contribution in [0.4, 0.5) is 0 Å². The molecule has 1 amide bonds. The maximum atomic E-state index is 13.5. The molecule has 168 valence electrons. The summed E-state index contributed by atoms with van der Waals surface area (Å²) in [7, 11) is 0. The quantitative estimate of drug-likeness (QED) is 0.546. The van der Waals surface area contributed by atoms with E-state index in [-0.39, 0.29) is 5.91 Å². The number of benzene rings is 1. The second-order valence-electron chi connectivity index (χ2n) is 8.52. The summed E-state index contributed by atoms with van der Waals surface area (Å²) in [6.07, 6.45) is 4.99. The number of hydrogen-bond donors (Lipinski definition) is 0. The minimum absolute atomic E-state index is 0.0887. The van der Waals surface area contributed by atoms with Crippen molar-refractivity contribution in [1.82, 2.24) is 14.8 Å². The van der Waals surface area contributed by atoms with E-state index < -0.39 is 0 Å². The van der Waals surface area contributed by atoms with E-state index in [1.165, 1.54) is 17.8 Å². The van der Waals surface area contributed by atoms with Crippen LogP contribution in [0.1, 0.15) is 28.9 Å². The number of morpholine rings is 1. The maximum Gasteiger partial charge on any atom is 0.266 e. The molecule has 5 rings (SSSR count). The number of hydrogen-bond acceptors (Lipinski definition) is 6. The molecular weight excluding hydrogens is 422 g/mol. The van der Waals surface area contributed by atoms with E-state index >= 15 is 0 Å². The lowest BCUT2D eigenvalue weighted by atomic mass is 9.93. The second-order valence-corrected chi connectivity index (χ2v) is 9.52. The van der Waals surface area contributed by atoms with E-state index in [2.05, 4.69) is 4.90 Å². The van der Waals surface area contributed by atoms with E-state index in [1.807, 2.05) is 47.4 Å². The highest BCUT2D eigenvalue weighted by molar-refractivity contribution is 7.17. The standard InChI is InChI=1S/C25H29N3O3S/c29-25(28-12-9-19(10-13-28)8-11-27-14-17-30-18-15-27)23-22(20-5-2-1-3-6-20)26-24(32-23)21-7-4-16-31-21/h1-7,16,19H,8-15,17-18H2. The van der Waals surface area contributed by atoms with Crippen LogP contribution in [0.15, 0.2) is 53.1 Å². The third kappa shape index (κ3) is 4.80. The summed E-state index contributed by atoms with van der Waals surface area (Å²) in [4.78, 5) is 23.5. The number of carbonyl (C=O) groups excluding carboxylic acids is 1. The SMILES string of the molecule is O=C(c1sc(-c2ccco2)nc1-c1ccccc1)N1CCC(CCN2CCOCC2)CC1. The number of furan rings is 1. The van der Waals surface area contributed by atoms with E-state index in [4.69, 9.17) is 14.1 Å². The highest BCUT2D eigenvalue weighted by Gasteiger charge is 2.29. The summed E-state index contributed by atoms with van der Waals surface area (Å²) in [5.41, 5.74) is 1.71. The molecular formula is C25H29N3O3S. The van der Waals surface area contributed by atoms with Crippen LogP contribution in [0.3, 0.4) is 0 Å². The number of piperidine rings is 1. The molecule has 6 nitrogen and oxygen atoms in total. The molecule has 0 spiro atoms. The Kier molecular flexibility index (Phi) is 6.67. The smallest absolute Gasteiger partial charge is 0.266 e. The molecule has 4 heterocycles. The summed E-state index contributed by atoms with van der Waals surface area (Å²) in [6.45, 7) is 6.56. The van der Waals surface area contributed by atoms with Gasteiger partial charge >= 0.3 is 0 Å². The summed E-state index contributed by atoms with van der Waals surface area (Å²) in [6, 6.07) is 13.7. The summed E-state index contributed by atoms with van der Waals surface area (Å²) in [5, 5.41) is 0.748. The van der Waals surface area contributed by atoms with Gasteiger partial charge in [-0.2, -0.15) is 0 Å². The van der Waals surface area contributed by atoms with Gasteiger partial charge in [0.1, 0.15) is 4.88 Å². The molecule has 0 aliphatic carbocycles. The highest BCUT2D eigenvalue weighted by atomic mass is 32.1. The van der Waals surface area contributed by atoms with Gasteiger partial charge in [0, 0.05) is 31.7 Å². The Balaban J connectivity index is 1.27. The van der Waals surface area contributed by atoms with Gasteiger partial charge in [-0.1, -0.05) is 30.3 Å². The number of thiazole rings is 1. The first kappa shape index (κ1) is 21.4. The third-order valence-electron chi connectivity index (χ3n) is 6.46. The van der Waals surface area contributed by atoms with E-state index in [0.717, 1.165) is 75.0 Å². The molecule has 0 N–H and O–H groups in total. The molecule has 32 heavy (non-hydrogen) atoms. The van der Waals surface area contributed by atoms with Gasteiger partial charge in [0.15, 0.2) is 10.8 Å². The molecule has 2 saturated heterocycles. The lowest BCUT2D eigenvalue weighted by Crippen LogP contribution is -2.40. The number of nitrogens with zero attached hydrogens (tertiary/aromatic N) is 3. The van der Waals surface area contributed by atoms with E-state index in [9.17, 15) is 4.79 Å². The summed E-state index contributed by atoms with van der Waals surface area (Å²) >= 11 is 1.43. The Morgan fingerprint density at radius 1 is 1.03 bits per heavy atom. The van der Waals surface area contributed by atoms with Crippen molar-refractivity contribution in [3.8, 4) is 22.0 Å². The van der Waals surface area contributed by atoms with Crippen molar-refractivity contribution < 1.29 is 13.9 Å². The molecule has 2 aliphatic rings. The lowest BCUT2D eigenvalue weighted by Gasteiger charge is -2.34. The number of carbonyl (C=O) groups is 1. The molecule has 2 aliphatic heterocycles. The Labute approximate surface area is 192 Å². The first-order valence-corrected chi connectivity index (χ1v) is 12.3. The van der Waals surface area contributed by atoms with Crippen LogP contribution in [0.5, 0.6) is 0 Å². The monoisotopic (exact) mass is 451 g/mol. The molecule has 0 atom stereocenters. The fourth-order valence-corrected chi connectivity index (χ4v) is 5.54. The Morgan fingerprint density at radius 2 is 1.81 bits per heavy atom. The minimum atomic E-state index is 0.0887. The molecule has 1 aromatic carbocycles. The van der Waals surface area contributed by atoms with Gasteiger partial charge in [0.05, 0.1) is 25.2 Å². The summed E-state index contributed by atoms with van der Waals surface area (Å²) < 4.78 is 11.0. The normalized spacial score (nSPS) is 18.2.